The van der Waals surface area contributed by atoms with Crippen molar-refractivity contribution in [1.82, 2.24) is 4.98 Å². The SMILES string of the molecule is CCc1ccc2oc(-c3ccc(C)c(NC(C#N)=C(C#N)C#N)c3)nc2c1. The van der Waals surface area contributed by atoms with Gasteiger partial charge in [-0.25, -0.2) is 4.98 Å². The molecule has 0 amide bonds. The molecule has 130 valence electrons. The van der Waals surface area contributed by atoms with Crippen LogP contribution in [0, 0.1) is 40.9 Å². The summed E-state index contributed by atoms with van der Waals surface area (Å²) in [7, 11) is 0. The van der Waals surface area contributed by atoms with Gasteiger partial charge in [0.15, 0.2) is 11.2 Å². The lowest BCUT2D eigenvalue weighted by atomic mass is 10.1. The fourth-order valence-electron chi connectivity index (χ4n) is 2.62. The third-order valence-corrected chi connectivity index (χ3v) is 4.19. The van der Waals surface area contributed by atoms with E-state index in [1.165, 1.54) is 5.56 Å². The summed E-state index contributed by atoms with van der Waals surface area (Å²) in [5.74, 6) is 0.463. The minimum absolute atomic E-state index is 0.0922. The molecule has 0 radical (unpaired) electrons. The molecule has 0 aliphatic rings. The van der Waals surface area contributed by atoms with Crippen LogP contribution in [0.3, 0.4) is 0 Å². The van der Waals surface area contributed by atoms with Crippen molar-refractivity contribution in [3.8, 4) is 29.7 Å². The maximum Gasteiger partial charge on any atom is 0.227 e. The van der Waals surface area contributed by atoms with Gasteiger partial charge >= 0.3 is 0 Å². The maximum atomic E-state index is 9.24. The van der Waals surface area contributed by atoms with E-state index in [0.29, 0.717) is 17.2 Å². The minimum atomic E-state index is -0.267. The summed E-state index contributed by atoms with van der Waals surface area (Å²) >= 11 is 0. The first kappa shape index (κ1) is 17.7. The highest BCUT2D eigenvalue weighted by Crippen LogP contribution is 2.29. The zero-order valence-electron chi connectivity index (χ0n) is 14.9. The molecule has 1 N–H and O–H groups in total. The topological polar surface area (TPSA) is 109 Å². The van der Waals surface area contributed by atoms with E-state index in [2.05, 4.69) is 17.2 Å². The molecule has 3 aromatic rings. The Kier molecular flexibility index (Phi) is 4.88. The standard InChI is InChI=1S/C21H15N5O/c1-3-14-5-7-20-18(8-14)26-21(27-20)15-6-4-13(2)17(9-15)25-19(12-24)16(10-22)11-23/h4-9,25H,3H2,1-2H3. The van der Waals surface area contributed by atoms with Crippen molar-refractivity contribution in [2.24, 2.45) is 0 Å². The number of oxazole rings is 1. The molecule has 0 aliphatic carbocycles. The number of nitriles is 3. The third kappa shape index (κ3) is 3.49. The predicted molar refractivity (Wildman–Crippen MR) is 101 cm³/mol. The molecule has 0 saturated carbocycles. The summed E-state index contributed by atoms with van der Waals surface area (Å²) in [6.07, 6.45) is 0.917. The smallest absolute Gasteiger partial charge is 0.227 e. The lowest BCUT2D eigenvalue weighted by molar-refractivity contribution is 0.620. The van der Waals surface area contributed by atoms with Crippen molar-refractivity contribution in [1.29, 1.82) is 15.8 Å². The zero-order chi connectivity index (χ0) is 19.4. The summed E-state index contributed by atoms with van der Waals surface area (Å²) < 4.78 is 5.85. The van der Waals surface area contributed by atoms with Crippen molar-refractivity contribution in [2.45, 2.75) is 20.3 Å². The van der Waals surface area contributed by atoms with Crippen molar-refractivity contribution < 1.29 is 4.42 Å². The van der Waals surface area contributed by atoms with Crippen LogP contribution in [0.5, 0.6) is 0 Å². The van der Waals surface area contributed by atoms with Gasteiger partial charge in [-0.3, -0.25) is 0 Å². The van der Waals surface area contributed by atoms with Crippen LogP contribution in [0.25, 0.3) is 22.6 Å². The van der Waals surface area contributed by atoms with E-state index < -0.39 is 0 Å². The second-order valence-corrected chi connectivity index (χ2v) is 5.91. The fraction of sp³-hybridized carbons (Fsp3) is 0.143. The monoisotopic (exact) mass is 353 g/mol. The first-order valence-electron chi connectivity index (χ1n) is 8.31. The molecule has 27 heavy (non-hydrogen) atoms. The van der Waals surface area contributed by atoms with Gasteiger partial charge in [-0.2, -0.15) is 15.8 Å². The lowest BCUT2D eigenvalue weighted by Crippen LogP contribution is -2.02. The van der Waals surface area contributed by atoms with E-state index in [1.807, 2.05) is 43.3 Å². The van der Waals surface area contributed by atoms with Crippen molar-refractivity contribution in [3.63, 3.8) is 0 Å². The molecule has 6 nitrogen and oxygen atoms in total. The number of anilines is 1. The van der Waals surface area contributed by atoms with Crippen LogP contribution in [0.15, 0.2) is 52.1 Å². The van der Waals surface area contributed by atoms with E-state index in [1.54, 1.807) is 18.2 Å². The Labute approximate surface area is 156 Å². The number of rotatable bonds is 4. The van der Waals surface area contributed by atoms with Gasteiger partial charge in [-0.05, 0) is 48.7 Å². The highest BCUT2D eigenvalue weighted by molar-refractivity contribution is 5.78. The van der Waals surface area contributed by atoms with Gasteiger partial charge in [0, 0.05) is 11.3 Å². The van der Waals surface area contributed by atoms with E-state index in [0.717, 1.165) is 23.1 Å². The van der Waals surface area contributed by atoms with E-state index >= 15 is 0 Å². The highest BCUT2D eigenvalue weighted by atomic mass is 16.3. The lowest BCUT2D eigenvalue weighted by Gasteiger charge is -2.09. The van der Waals surface area contributed by atoms with Gasteiger partial charge < -0.3 is 9.73 Å². The molecule has 0 spiro atoms. The average Bonchev–Trinajstić information content (AvgIpc) is 3.12. The summed E-state index contributed by atoms with van der Waals surface area (Å²) in [5.41, 5.74) is 4.49. The number of benzene rings is 2. The fourth-order valence-corrected chi connectivity index (χ4v) is 2.62. The van der Waals surface area contributed by atoms with Crippen molar-refractivity contribution >= 4 is 16.8 Å². The Balaban J connectivity index is 2.04. The number of allylic oxidation sites excluding steroid dienone is 2. The number of hydrogen-bond acceptors (Lipinski definition) is 6. The molecular weight excluding hydrogens is 338 g/mol. The van der Waals surface area contributed by atoms with E-state index in [4.69, 9.17) is 14.9 Å². The van der Waals surface area contributed by atoms with Crippen molar-refractivity contribution in [3.05, 3.63) is 58.8 Å². The molecule has 1 aromatic heterocycles. The largest absolute Gasteiger partial charge is 0.436 e. The average molecular weight is 353 g/mol. The maximum absolute atomic E-state index is 9.24. The molecule has 0 bridgehead atoms. The Morgan fingerprint density at radius 2 is 1.85 bits per heavy atom. The summed E-state index contributed by atoms with van der Waals surface area (Å²) in [4.78, 5) is 4.55. The number of hydrogen-bond donors (Lipinski definition) is 1. The molecule has 0 aliphatic heterocycles. The highest BCUT2D eigenvalue weighted by Gasteiger charge is 2.12. The Morgan fingerprint density at radius 1 is 1.07 bits per heavy atom. The number of nitrogens with zero attached hydrogens (tertiary/aromatic N) is 4. The number of fused-ring (bicyclic) bond motifs is 1. The molecule has 3 rings (SSSR count). The Morgan fingerprint density at radius 3 is 2.52 bits per heavy atom. The van der Waals surface area contributed by atoms with Crippen LogP contribution in [0.2, 0.25) is 0 Å². The van der Waals surface area contributed by atoms with Gasteiger partial charge in [0.05, 0.1) is 0 Å². The van der Waals surface area contributed by atoms with Gasteiger partial charge in [-0.15, -0.1) is 0 Å². The minimum Gasteiger partial charge on any atom is -0.436 e. The molecular formula is C21H15N5O. The Bertz CT molecular complexity index is 1170. The quantitative estimate of drug-likeness (QED) is 0.686. The summed E-state index contributed by atoms with van der Waals surface area (Å²) in [5, 5.41) is 30.1. The van der Waals surface area contributed by atoms with Gasteiger partial charge in [-0.1, -0.05) is 19.1 Å². The molecule has 1 heterocycles. The molecule has 2 aromatic carbocycles. The molecule has 0 saturated heterocycles. The second-order valence-electron chi connectivity index (χ2n) is 5.91. The van der Waals surface area contributed by atoms with Crippen LogP contribution in [0.4, 0.5) is 5.69 Å². The van der Waals surface area contributed by atoms with Gasteiger partial charge in [0.25, 0.3) is 0 Å². The second kappa shape index (κ2) is 7.44. The van der Waals surface area contributed by atoms with Crippen LogP contribution < -0.4 is 5.32 Å². The molecule has 0 atom stereocenters. The molecule has 0 unspecified atom stereocenters. The van der Waals surface area contributed by atoms with Crippen molar-refractivity contribution in [2.75, 3.05) is 5.32 Å². The van der Waals surface area contributed by atoms with Crippen LogP contribution in [0.1, 0.15) is 18.1 Å². The summed E-state index contributed by atoms with van der Waals surface area (Å²) in [6, 6.07) is 16.7. The van der Waals surface area contributed by atoms with E-state index in [-0.39, 0.29) is 11.3 Å². The van der Waals surface area contributed by atoms with Gasteiger partial charge in [0.2, 0.25) is 5.89 Å². The van der Waals surface area contributed by atoms with Crippen LogP contribution in [-0.2, 0) is 6.42 Å². The number of aromatic nitrogens is 1. The first-order valence-corrected chi connectivity index (χ1v) is 8.31. The Hall–Kier alpha value is -4.08. The number of nitrogens with one attached hydrogen (secondary N) is 1. The molecule has 6 heteroatoms. The predicted octanol–water partition coefficient (Wildman–Crippen LogP) is 4.60. The third-order valence-electron chi connectivity index (χ3n) is 4.19. The zero-order valence-corrected chi connectivity index (χ0v) is 14.9. The number of aryl methyl sites for hydroxylation is 2. The summed E-state index contributed by atoms with van der Waals surface area (Å²) in [6.45, 7) is 3.94. The van der Waals surface area contributed by atoms with Crippen LogP contribution >= 0.6 is 0 Å². The molecule has 0 fully saturated rings. The normalized spacial score (nSPS) is 9.89. The van der Waals surface area contributed by atoms with E-state index in [9.17, 15) is 5.26 Å². The van der Waals surface area contributed by atoms with Crippen LogP contribution in [-0.4, -0.2) is 4.98 Å². The van der Waals surface area contributed by atoms with Gasteiger partial charge in [0.1, 0.15) is 29.4 Å². The first-order chi connectivity index (χ1) is 13.1.